The Morgan fingerprint density at radius 2 is 2.10 bits per heavy atom. The second-order valence-electron chi connectivity index (χ2n) is 4.22. The van der Waals surface area contributed by atoms with Gasteiger partial charge in [-0.3, -0.25) is 9.69 Å². The van der Waals surface area contributed by atoms with Gasteiger partial charge >= 0.3 is 0 Å². The molecule has 0 aliphatic carbocycles. The summed E-state index contributed by atoms with van der Waals surface area (Å²) in [5, 5.41) is 18.9. The van der Waals surface area contributed by atoms with Crippen LogP contribution in [0.5, 0.6) is 0 Å². The van der Waals surface area contributed by atoms with Crippen LogP contribution in [0.1, 0.15) is 10.4 Å². The highest BCUT2D eigenvalue weighted by atomic mass is 32.1. The van der Waals surface area contributed by atoms with Crippen molar-refractivity contribution in [3.8, 4) is 0 Å². The van der Waals surface area contributed by atoms with Crippen LogP contribution in [0.2, 0.25) is 0 Å². The van der Waals surface area contributed by atoms with Crippen LogP contribution in [0.4, 0.5) is 5.69 Å². The van der Waals surface area contributed by atoms with E-state index >= 15 is 0 Å². The normalized spacial score (nSPS) is 19.2. The van der Waals surface area contributed by atoms with Gasteiger partial charge in [0, 0.05) is 14.1 Å². The van der Waals surface area contributed by atoms with E-state index in [0.717, 1.165) is 0 Å². The summed E-state index contributed by atoms with van der Waals surface area (Å²) < 4.78 is 0. The van der Waals surface area contributed by atoms with Crippen LogP contribution in [0.15, 0.2) is 34.5 Å². The van der Waals surface area contributed by atoms with Crippen LogP contribution in [-0.4, -0.2) is 47.0 Å². The fraction of sp³-hybridized carbons (Fsp3) is 0.250. The molecule has 7 nitrogen and oxygen atoms in total. The number of thiocarbonyl (C=S) groups is 1. The van der Waals surface area contributed by atoms with E-state index in [2.05, 4.69) is 10.2 Å². The molecule has 1 saturated heterocycles. The minimum Gasteiger partial charge on any atom is -0.545 e. The van der Waals surface area contributed by atoms with Crippen LogP contribution in [0.25, 0.3) is 0 Å². The molecule has 0 aromatic heterocycles. The van der Waals surface area contributed by atoms with E-state index < -0.39 is 12.1 Å². The number of carboxylic acids is 1. The number of rotatable bonds is 3. The molecule has 0 N–H and O–H groups in total. The minimum absolute atomic E-state index is 0.000178. The minimum atomic E-state index is -1.29. The van der Waals surface area contributed by atoms with Gasteiger partial charge in [0.1, 0.15) is 0 Å². The zero-order valence-corrected chi connectivity index (χ0v) is 11.6. The molecule has 1 fully saturated rings. The number of aromatic carboxylic acids is 1. The van der Waals surface area contributed by atoms with Gasteiger partial charge in [0.15, 0.2) is 5.11 Å². The third-order valence-electron chi connectivity index (χ3n) is 2.87. The number of hydrogen-bond donors (Lipinski definition) is 0. The Hall–Kier alpha value is -2.35. The van der Waals surface area contributed by atoms with Gasteiger partial charge in [0.05, 0.1) is 11.7 Å². The number of amides is 1. The first-order chi connectivity index (χ1) is 9.41. The zero-order chi connectivity index (χ0) is 14.9. The van der Waals surface area contributed by atoms with E-state index in [-0.39, 0.29) is 11.5 Å². The lowest BCUT2D eigenvalue weighted by Gasteiger charge is -2.13. The molecule has 1 heterocycles. The van der Waals surface area contributed by atoms with Gasteiger partial charge in [-0.2, -0.15) is 10.2 Å². The second kappa shape index (κ2) is 5.33. The maximum absolute atomic E-state index is 11.9. The number of benzene rings is 1. The summed E-state index contributed by atoms with van der Waals surface area (Å²) in [6.45, 7) is 0. The highest BCUT2D eigenvalue weighted by molar-refractivity contribution is 7.80. The molecule has 0 saturated carbocycles. The third-order valence-corrected chi connectivity index (χ3v) is 3.43. The summed E-state index contributed by atoms with van der Waals surface area (Å²) in [6, 6.07) is 5.82. The van der Waals surface area contributed by atoms with Gasteiger partial charge < -0.3 is 14.8 Å². The van der Waals surface area contributed by atoms with Crippen molar-refractivity contribution in [2.45, 2.75) is 6.17 Å². The summed E-state index contributed by atoms with van der Waals surface area (Å²) in [6.07, 6.45) is -0.820. The van der Waals surface area contributed by atoms with Crippen molar-refractivity contribution in [2.75, 3.05) is 14.1 Å². The molecule has 0 radical (unpaired) electrons. The lowest BCUT2D eigenvalue weighted by molar-refractivity contribution is -0.255. The highest BCUT2D eigenvalue weighted by Gasteiger charge is 2.38. The van der Waals surface area contributed by atoms with Crippen molar-refractivity contribution in [3.63, 3.8) is 0 Å². The molecule has 1 aromatic rings. The molecule has 1 amide bonds. The topological polar surface area (TPSA) is 88.4 Å². The molecule has 1 aliphatic heterocycles. The summed E-state index contributed by atoms with van der Waals surface area (Å²) in [5.41, 5.74) is 0.327. The quantitative estimate of drug-likeness (QED) is 0.584. The van der Waals surface area contributed by atoms with E-state index in [1.54, 1.807) is 20.2 Å². The molecule has 0 unspecified atom stereocenters. The molecule has 0 bridgehead atoms. The number of carbonyl (C=O) groups is 2. The largest absolute Gasteiger partial charge is 0.545 e. The van der Waals surface area contributed by atoms with E-state index in [1.165, 1.54) is 28.0 Å². The van der Waals surface area contributed by atoms with Crippen molar-refractivity contribution in [1.29, 1.82) is 0 Å². The van der Waals surface area contributed by atoms with Crippen molar-refractivity contribution in [1.82, 2.24) is 9.80 Å². The Bertz CT molecular complexity index is 616. The van der Waals surface area contributed by atoms with Crippen molar-refractivity contribution in [3.05, 3.63) is 29.8 Å². The molecule has 0 spiro atoms. The monoisotopic (exact) mass is 291 g/mol. The smallest absolute Gasteiger partial charge is 0.275 e. The first kappa shape index (κ1) is 14.1. The molecular formula is C12H11N4O3S-. The Kier molecular flexibility index (Phi) is 3.75. The molecule has 20 heavy (non-hydrogen) atoms. The van der Waals surface area contributed by atoms with Gasteiger partial charge in [0.2, 0.25) is 6.17 Å². The summed E-state index contributed by atoms with van der Waals surface area (Å²) in [5.74, 6) is -1.57. The van der Waals surface area contributed by atoms with E-state index in [9.17, 15) is 14.7 Å². The number of likely N-dealkylation sites (N-methyl/N-ethyl adjacent to an activating group) is 2. The number of carboxylic acid groups (broad SMARTS) is 1. The summed E-state index contributed by atoms with van der Waals surface area (Å²) >= 11 is 5.05. The van der Waals surface area contributed by atoms with Crippen molar-refractivity contribution >= 4 is 34.9 Å². The predicted octanol–water partition coefficient (Wildman–Crippen LogP) is 0.149. The molecule has 2 rings (SSSR count). The van der Waals surface area contributed by atoms with Gasteiger partial charge in [-0.15, -0.1) is 0 Å². The van der Waals surface area contributed by atoms with Crippen LogP contribution in [0, 0.1) is 0 Å². The Labute approximate surface area is 120 Å². The molecule has 8 heteroatoms. The highest BCUT2D eigenvalue weighted by Crippen LogP contribution is 2.19. The number of nitrogens with zero attached hydrogens (tertiary/aromatic N) is 4. The summed E-state index contributed by atoms with van der Waals surface area (Å²) in [7, 11) is 3.21. The van der Waals surface area contributed by atoms with E-state index in [0.29, 0.717) is 10.8 Å². The van der Waals surface area contributed by atoms with Crippen LogP contribution in [0.3, 0.4) is 0 Å². The SMILES string of the molecule is CN1C(=O)[C@H](N=Nc2cccc(C(=O)[O-])c2)N(C)C1=S. The average Bonchev–Trinajstić information content (AvgIpc) is 2.62. The maximum Gasteiger partial charge on any atom is 0.275 e. The van der Waals surface area contributed by atoms with Gasteiger partial charge in [0.25, 0.3) is 5.91 Å². The lowest BCUT2D eigenvalue weighted by Crippen LogP contribution is -2.28. The number of hydrogen-bond acceptors (Lipinski definition) is 6. The van der Waals surface area contributed by atoms with Crippen molar-refractivity contribution < 1.29 is 14.7 Å². The number of carbonyl (C=O) groups excluding carboxylic acids is 2. The van der Waals surface area contributed by atoms with Gasteiger partial charge in [-0.25, -0.2) is 0 Å². The maximum atomic E-state index is 11.9. The zero-order valence-electron chi connectivity index (χ0n) is 10.8. The molecular weight excluding hydrogens is 280 g/mol. The molecule has 1 aliphatic rings. The fourth-order valence-corrected chi connectivity index (χ4v) is 1.91. The Morgan fingerprint density at radius 1 is 1.40 bits per heavy atom. The van der Waals surface area contributed by atoms with E-state index in [4.69, 9.17) is 12.2 Å². The molecule has 1 atom stereocenters. The van der Waals surface area contributed by atoms with Gasteiger partial charge in [-0.05, 0) is 29.9 Å². The van der Waals surface area contributed by atoms with E-state index in [1.807, 2.05) is 0 Å². The number of azo groups is 1. The van der Waals surface area contributed by atoms with Crippen LogP contribution in [-0.2, 0) is 4.79 Å². The Balaban J connectivity index is 2.22. The first-order valence-corrected chi connectivity index (χ1v) is 6.09. The standard InChI is InChI=1S/C12H12N4O3S/c1-15-9(10(17)16(2)12(15)20)14-13-8-5-3-4-7(6-8)11(18)19/h3-6,9H,1-2H3,(H,18,19)/p-1/t9-/m1/s1. The second-order valence-corrected chi connectivity index (χ2v) is 4.58. The lowest BCUT2D eigenvalue weighted by atomic mass is 10.2. The van der Waals surface area contributed by atoms with Crippen LogP contribution >= 0.6 is 12.2 Å². The molecule has 104 valence electrons. The predicted molar refractivity (Wildman–Crippen MR) is 72.2 cm³/mol. The van der Waals surface area contributed by atoms with Gasteiger partial charge in [-0.1, -0.05) is 12.1 Å². The fourth-order valence-electron chi connectivity index (χ4n) is 1.72. The Morgan fingerprint density at radius 3 is 2.65 bits per heavy atom. The van der Waals surface area contributed by atoms with Crippen molar-refractivity contribution in [2.24, 2.45) is 10.2 Å². The van der Waals surface area contributed by atoms with Crippen LogP contribution < -0.4 is 5.11 Å². The summed E-state index contributed by atoms with van der Waals surface area (Å²) in [4.78, 5) is 25.4. The first-order valence-electron chi connectivity index (χ1n) is 5.68. The third kappa shape index (κ3) is 2.50. The molecule has 1 aromatic carbocycles. The average molecular weight is 291 g/mol.